The minimum Gasteiger partial charge on any atom is -0.388 e. The standard InChI is InChI=1S/C29H34N6O2/c1-21(29(36)33-25-6-8-28(32-19-25)35-11-13-37-14-12-35)26-16-23(5-7-27(26)30-2)24-15-22(17-31-18-24)20-34-9-3-4-10-34/h5-8,15-19,30H,1,3-4,9-14,20H2,2H3,(H,33,36). The number of amides is 1. The van der Waals surface area contributed by atoms with Crippen LogP contribution in [0.5, 0.6) is 0 Å². The molecule has 1 amide bonds. The van der Waals surface area contributed by atoms with Crippen molar-refractivity contribution in [2.45, 2.75) is 19.4 Å². The first kappa shape index (κ1) is 24.9. The van der Waals surface area contributed by atoms with Gasteiger partial charge >= 0.3 is 0 Å². The number of aromatic nitrogens is 2. The predicted octanol–water partition coefficient (Wildman–Crippen LogP) is 4.27. The summed E-state index contributed by atoms with van der Waals surface area (Å²) in [4.78, 5) is 26.8. The lowest BCUT2D eigenvalue weighted by atomic mass is 9.97. The van der Waals surface area contributed by atoms with Crippen LogP contribution >= 0.6 is 0 Å². The van der Waals surface area contributed by atoms with Gasteiger partial charge in [-0.15, -0.1) is 0 Å². The molecule has 2 saturated heterocycles. The molecule has 4 heterocycles. The van der Waals surface area contributed by atoms with E-state index in [4.69, 9.17) is 4.74 Å². The molecule has 0 bridgehead atoms. The predicted molar refractivity (Wildman–Crippen MR) is 149 cm³/mol. The lowest BCUT2D eigenvalue weighted by molar-refractivity contribution is -0.111. The molecular weight excluding hydrogens is 464 g/mol. The first-order chi connectivity index (χ1) is 18.1. The number of pyridine rings is 2. The van der Waals surface area contributed by atoms with E-state index >= 15 is 0 Å². The fraction of sp³-hybridized carbons (Fsp3) is 0.345. The van der Waals surface area contributed by atoms with Crippen molar-refractivity contribution in [2.75, 3.05) is 62.0 Å². The summed E-state index contributed by atoms with van der Waals surface area (Å²) in [6.45, 7) is 10.4. The number of rotatable bonds is 8. The zero-order valence-corrected chi connectivity index (χ0v) is 21.4. The summed E-state index contributed by atoms with van der Waals surface area (Å²) in [6, 6.07) is 12.0. The van der Waals surface area contributed by atoms with E-state index in [0.29, 0.717) is 24.5 Å². The van der Waals surface area contributed by atoms with Crippen molar-refractivity contribution in [2.24, 2.45) is 0 Å². The second kappa shape index (κ2) is 11.5. The van der Waals surface area contributed by atoms with Crippen molar-refractivity contribution in [3.63, 3.8) is 0 Å². The zero-order valence-electron chi connectivity index (χ0n) is 21.4. The molecule has 3 aromatic rings. The summed E-state index contributed by atoms with van der Waals surface area (Å²) >= 11 is 0. The number of ether oxygens (including phenoxy) is 1. The summed E-state index contributed by atoms with van der Waals surface area (Å²) in [5.41, 5.74) is 5.81. The van der Waals surface area contributed by atoms with Gasteiger partial charge in [0.2, 0.25) is 0 Å². The van der Waals surface area contributed by atoms with Crippen molar-refractivity contribution in [1.29, 1.82) is 0 Å². The van der Waals surface area contributed by atoms with Crippen LogP contribution in [0, 0.1) is 0 Å². The fourth-order valence-corrected chi connectivity index (χ4v) is 4.89. The molecule has 0 atom stereocenters. The van der Waals surface area contributed by atoms with Crippen molar-refractivity contribution in [3.8, 4) is 11.1 Å². The molecule has 192 valence electrons. The van der Waals surface area contributed by atoms with Gasteiger partial charge in [-0.1, -0.05) is 12.6 Å². The Kier molecular flexibility index (Phi) is 7.77. The molecule has 5 rings (SSSR count). The van der Waals surface area contributed by atoms with Crippen molar-refractivity contribution in [1.82, 2.24) is 14.9 Å². The summed E-state index contributed by atoms with van der Waals surface area (Å²) < 4.78 is 5.41. The third-order valence-electron chi connectivity index (χ3n) is 6.96. The molecule has 8 heteroatoms. The Hall–Kier alpha value is -3.75. The highest BCUT2D eigenvalue weighted by molar-refractivity contribution is 6.25. The number of anilines is 3. The van der Waals surface area contributed by atoms with Crippen LogP contribution in [0.1, 0.15) is 24.0 Å². The Morgan fingerprint density at radius 3 is 2.54 bits per heavy atom. The van der Waals surface area contributed by atoms with Crippen molar-refractivity contribution in [3.05, 3.63) is 72.7 Å². The lowest BCUT2D eigenvalue weighted by Gasteiger charge is -2.27. The summed E-state index contributed by atoms with van der Waals surface area (Å²) in [5, 5.41) is 6.13. The highest BCUT2D eigenvalue weighted by Crippen LogP contribution is 2.30. The minimum absolute atomic E-state index is 0.268. The topological polar surface area (TPSA) is 82.6 Å². The Morgan fingerprint density at radius 1 is 1.00 bits per heavy atom. The maximum absolute atomic E-state index is 13.2. The molecule has 0 radical (unpaired) electrons. The molecule has 8 nitrogen and oxygen atoms in total. The highest BCUT2D eigenvalue weighted by Gasteiger charge is 2.17. The van der Waals surface area contributed by atoms with Gasteiger partial charge in [-0.05, 0) is 67.4 Å². The maximum Gasteiger partial charge on any atom is 0.255 e. The molecule has 0 spiro atoms. The number of nitrogens with one attached hydrogen (secondary N) is 2. The summed E-state index contributed by atoms with van der Waals surface area (Å²) in [6.07, 6.45) is 8.02. The van der Waals surface area contributed by atoms with E-state index in [2.05, 4.69) is 43.0 Å². The molecular formula is C29H34N6O2. The summed E-state index contributed by atoms with van der Waals surface area (Å²) in [5.74, 6) is 0.612. The van der Waals surface area contributed by atoms with Crippen LogP contribution in [0.15, 0.2) is 61.6 Å². The largest absolute Gasteiger partial charge is 0.388 e. The number of carbonyl (C=O) groups excluding carboxylic acids is 1. The van der Waals surface area contributed by atoms with Gasteiger partial charge in [-0.2, -0.15) is 0 Å². The van der Waals surface area contributed by atoms with Gasteiger partial charge < -0.3 is 20.3 Å². The monoisotopic (exact) mass is 498 g/mol. The number of morpholine rings is 1. The second-order valence-electron chi connectivity index (χ2n) is 9.51. The molecule has 0 aliphatic carbocycles. The normalized spacial score (nSPS) is 16.0. The third-order valence-corrected chi connectivity index (χ3v) is 6.96. The number of carbonyl (C=O) groups is 1. The van der Waals surface area contributed by atoms with Crippen LogP contribution in [-0.4, -0.2) is 67.2 Å². The van der Waals surface area contributed by atoms with Gasteiger partial charge in [0.25, 0.3) is 5.91 Å². The molecule has 1 aromatic carbocycles. The Morgan fingerprint density at radius 2 is 1.81 bits per heavy atom. The van der Waals surface area contributed by atoms with Crippen LogP contribution in [0.3, 0.4) is 0 Å². The molecule has 2 aromatic heterocycles. The molecule has 0 unspecified atom stereocenters. The van der Waals surface area contributed by atoms with Gasteiger partial charge in [0.1, 0.15) is 5.82 Å². The number of likely N-dealkylation sites (tertiary alicyclic amines) is 1. The van der Waals surface area contributed by atoms with Crippen molar-refractivity contribution >= 4 is 28.7 Å². The van der Waals surface area contributed by atoms with E-state index < -0.39 is 0 Å². The highest BCUT2D eigenvalue weighted by atomic mass is 16.5. The van der Waals surface area contributed by atoms with Gasteiger partial charge in [0.05, 0.1) is 25.1 Å². The van der Waals surface area contributed by atoms with Gasteiger partial charge in [-0.3, -0.25) is 14.7 Å². The van der Waals surface area contributed by atoms with Crippen molar-refractivity contribution < 1.29 is 9.53 Å². The van der Waals surface area contributed by atoms with Gasteiger partial charge in [0, 0.05) is 61.5 Å². The Labute approximate surface area is 218 Å². The lowest BCUT2D eigenvalue weighted by Crippen LogP contribution is -2.36. The van der Waals surface area contributed by atoms with Gasteiger partial charge in [-0.25, -0.2) is 4.98 Å². The fourth-order valence-electron chi connectivity index (χ4n) is 4.89. The average Bonchev–Trinajstić information content (AvgIpc) is 3.46. The third kappa shape index (κ3) is 5.98. The van der Waals surface area contributed by atoms with E-state index in [1.54, 1.807) is 6.20 Å². The van der Waals surface area contributed by atoms with E-state index in [-0.39, 0.29) is 5.91 Å². The van der Waals surface area contributed by atoms with Gasteiger partial charge in [0.15, 0.2) is 0 Å². The smallest absolute Gasteiger partial charge is 0.255 e. The van der Waals surface area contributed by atoms with E-state index in [9.17, 15) is 4.79 Å². The first-order valence-electron chi connectivity index (χ1n) is 12.9. The number of benzene rings is 1. The van der Waals surface area contributed by atoms with E-state index in [1.807, 2.05) is 49.8 Å². The molecule has 2 fully saturated rings. The first-order valence-corrected chi connectivity index (χ1v) is 12.9. The Balaban J connectivity index is 1.31. The maximum atomic E-state index is 13.2. The number of nitrogens with zero attached hydrogens (tertiary/aromatic N) is 4. The molecule has 2 aliphatic rings. The Bertz CT molecular complexity index is 1250. The molecule has 0 saturated carbocycles. The van der Waals surface area contributed by atoms with Crippen LogP contribution in [0.4, 0.5) is 17.2 Å². The van der Waals surface area contributed by atoms with E-state index in [0.717, 1.165) is 60.9 Å². The quantitative estimate of drug-likeness (QED) is 0.449. The van der Waals surface area contributed by atoms with Crippen LogP contribution in [0.25, 0.3) is 16.7 Å². The zero-order chi connectivity index (χ0) is 25.6. The molecule has 2 aliphatic heterocycles. The molecule has 2 N–H and O–H groups in total. The SMILES string of the molecule is C=C(C(=O)Nc1ccc(N2CCOCC2)nc1)c1cc(-c2cncc(CN3CCCC3)c2)ccc1NC. The minimum atomic E-state index is -0.268. The number of hydrogen-bond donors (Lipinski definition) is 2. The van der Waals surface area contributed by atoms with E-state index in [1.165, 1.54) is 18.4 Å². The molecule has 37 heavy (non-hydrogen) atoms. The summed E-state index contributed by atoms with van der Waals surface area (Å²) in [7, 11) is 1.84. The van der Waals surface area contributed by atoms with Crippen LogP contribution in [0.2, 0.25) is 0 Å². The second-order valence-corrected chi connectivity index (χ2v) is 9.51. The number of hydrogen-bond acceptors (Lipinski definition) is 7. The average molecular weight is 499 g/mol. The van der Waals surface area contributed by atoms with Crippen LogP contribution in [-0.2, 0) is 16.1 Å². The van der Waals surface area contributed by atoms with Crippen LogP contribution < -0.4 is 15.5 Å².